The summed E-state index contributed by atoms with van der Waals surface area (Å²) in [6.45, 7) is 3.76. The molecule has 2 N–H and O–H groups in total. The van der Waals surface area contributed by atoms with Gasteiger partial charge in [0.15, 0.2) is 0 Å². The summed E-state index contributed by atoms with van der Waals surface area (Å²) in [5.74, 6) is 1.01. The third kappa shape index (κ3) is 4.71. The first kappa shape index (κ1) is 17.4. The van der Waals surface area contributed by atoms with Gasteiger partial charge < -0.3 is 9.88 Å². The van der Waals surface area contributed by atoms with Gasteiger partial charge in [-0.2, -0.15) is 0 Å². The van der Waals surface area contributed by atoms with Crippen molar-refractivity contribution >= 4 is 22.4 Å². The van der Waals surface area contributed by atoms with Gasteiger partial charge in [0.1, 0.15) is 5.82 Å². The third-order valence-corrected chi connectivity index (χ3v) is 4.00. The second-order valence-electron chi connectivity index (χ2n) is 4.82. The van der Waals surface area contributed by atoms with Crippen LogP contribution in [-0.4, -0.2) is 61.8 Å². The molecule has 0 spiro atoms. The van der Waals surface area contributed by atoms with Gasteiger partial charge in [0.25, 0.3) is 0 Å². The van der Waals surface area contributed by atoms with Crippen LogP contribution >= 0.6 is 12.4 Å². The molecule has 1 fully saturated rings. The maximum atomic E-state index is 11.1. The SMILES string of the molecule is Cl.Cn1ccnc1C1CNCCN1CCNS(C)(=O)=O. The lowest BCUT2D eigenvalue weighted by atomic mass is 10.2. The number of piperazine rings is 1. The zero-order chi connectivity index (χ0) is 13.9. The minimum Gasteiger partial charge on any atom is -0.337 e. The van der Waals surface area contributed by atoms with Crippen molar-refractivity contribution in [1.29, 1.82) is 0 Å². The summed E-state index contributed by atoms with van der Waals surface area (Å²) in [5, 5.41) is 3.35. The molecule has 0 aliphatic carbocycles. The normalized spacial score (nSPS) is 20.6. The van der Waals surface area contributed by atoms with Gasteiger partial charge in [-0.3, -0.25) is 4.90 Å². The Balaban J connectivity index is 0.00000200. The Morgan fingerprint density at radius 2 is 2.30 bits per heavy atom. The molecular formula is C11H22ClN5O2S. The Hall–Kier alpha value is -0.670. The smallest absolute Gasteiger partial charge is 0.208 e. The Labute approximate surface area is 126 Å². The average molecular weight is 324 g/mol. The predicted molar refractivity (Wildman–Crippen MR) is 80.5 cm³/mol. The summed E-state index contributed by atoms with van der Waals surface area (Å²) in [4.78, 5) is 6.65. The molecule has 2 rings (SSSR count). The first-order valence-corrected chi connectivity index (χ1v) is 8.23. The maximum absolute atomic E-state index is 11.1. The van der Waals surface area contributed by atoms with Crippen LogP contribution < -0.4 is 10.0 Å². The molecule has 1 aliphatic heterocycles. The highest BCUT2D eigenvalue weighted by atomic mass is 35.5. The van der Waals surface area contributed by atoms with E-state index in [9.17, 15) is 8.42 Å². The van der Waals surface area contributed by atoms with Gasteiger partial charge in [0.05, 0.1) is 12.3 Å². The Kier molecular flexibility index (Phi) is 6.41. The Morgan fingerprint density at radius 1 is 1.55 bits per heavy atom. The van der Waals surface area contributed by atoms with E-state index in [1.165, 1.54) is 6.26 Å². The lowest BCUT2D eigenvalue weighted by molar-refractivity contribution is 0.156. The van der Waals surface area contributed by atoms with Crippen molar-refractivity contribution in [2.24, 2.45) is 7.05 Å². The summed E-state index contributed by atoms with van der Waals surface area (Å²) in [7, 11) is -1.14. The van der Waals surface area contributed by atoms with Gasteiger partial charge in [-0.15, -0.1) is 12.4 Å². The number of rotatable bonds is 5. The average Bonchev–Trinajstić information content (AvgIpc) is 2.74. The largest absolute Gasteiger partial charge is 0.337 e. The van der Waals surface area contributed by atoms with Gasteiger partial charge in [0, 0.05) is 52.2 Å². The van der Waals surface area contributed by atoms with Gasteiger partial charge >= 0.3 is 0 Å². The van der Waals surface area contributed by atoms with Gasteiger partial charge in [-0.1, -0.05) is 0 Å². The predicted octanol–water partition coefficient (Wildman–Crippen LogP) is -0.663. The lowest BCUT2D eigenvalue weighted by Crippen LogP contribution is -2.49. The molecule has 0 saturated carbocycles. The van der Waals surface area contributed by atoms with E-state index in [-0.39, 0.29) is 18.4 Å². The summed E-state index contributed by atoms with van der Waals surface area (Å²) in [6, 6.07) is 0.190. The molecule has 9 heteroatoms. The first-order valence-electron chi connectivity index (χ1n) is 6.34. The van der Waals surface area contributed by atoms with E-state index in [0.717, 1.165) is 25.5 Å². The molecule has 1 aromatic rings. The Morgan fingerprint density at radius 3 is 2.90 bits per heavy atom. The number of halogens is 1. The third-order valence-electron chi connectivity index (χ3n) is 3.27. The van der Waals surface area contributed by atoms with Crippen molar-refractivity contribution in [2.45, 2.75) is 6.04 Å². The molecule has 0 amide bonds. The number of nitrogens with one attached hydrogen (secondary N) is 2. The molecule has 0 bridgehead atoms. The molecule has 7 nitrogen and oxygen atoms in total. The fourth-order valence-corrected chi connectivity index (χ4v) is 2.80. The van der Waals surface area contributed by atoms with Gasteiger partial charge in [0.2, 0.25) is 10.0 Å². The highest BCUT2D eigenvalue weighted by Gasteiger charge is 2.26. The van der Waals surface area contributed by atoms with Crippen LogP contribution in [0.4, 0.5) is 0 Å². The summed E-state index contributed by atoms with van der Waals surface area (Å²) in [6.07, 6.45) is 4.90. The van der Waals surface area contributed by atoms with E-state index in [1.807, 2.05) is 17.8 Å². The van der Waals surface area contributed by atoms with Crippen LogP contribution in [0.1, 0.15) is 11.9 Å². The molecule has 116 valence electrons. The van der Waals surface area contributed by atoms with Crippen LogP contribution in [0.2, 0.25) is 0 Å². The quantitative estimate of drug-likeness (QED) is 0.752. The maximum Gasteiger partial charge on any atom is 0.208 e. The number of imidazole rings is 1. The minimum absolute atomic E-state index is 0. The molecule has 20 heavy (non-hydrogen) atoms. The number of aromatic nitrogens is 2. The number of aryl methyl sites for hydroxylation is 1. The summed E-state index contributed by atoms with van der Waals surface area (Å²) < 4.78 is 26.7. The molecule has 1 unspecified atom stereocenters. The van der Waals surface area contributed by atoms with Crippen molar-refractivity contribution in [3.8, 4) is 0 Å². The number of hydrogen-bond acceptors (Lipinski definition) is 5. The molecule has 0 radical (unpaired) electrons. The van der Waals surface area contributed by atoms with Crippen LogP contribution in [0.25, 0.3) is 0 Å². The monoisotopic (exact) mass is 323 g/mol. The molecule has 1 saturated heterocycles. The molecular weight excluding hydrogens is 302 g/mol. The number of nitrogens with zero attached hydrogens (tertiary/aromatic N) is 3. The topological polar surface area (TPSA) is 79.3 Å². The zero-order valence-electron chi connectivity index (χ0n) is 11.7. The van der Waals surface area contributed by atoms with Crippen LogP contribution in [0.15, 0.2) is 12.4 Å². The van der Waals surface area contributed by atoms with Crippen molar-refractivity contribution in [3.63, 3.8) is 0 Å². The van der Waals surface area contributed by atoms with E-state index in [0.29, 0.717) is 13.1 Å². The summed E-state index contributed by atoms with van der Waals surface area (Å²) >= 11 is 0. The highest BCUT2D eigenvalue weighted by molar-refractivity contribution is 7.88. The van der Waals surface area contributed by atoms with Gasteiger partial charge in [-0.05, 0) is 0 Å². The van der Waals surface area contributed by atoms with Crippen LogP contribution in [0, 0.1) is 0 Å². The van der Waals surface area contributed by atoms with Crippen molar-refractivity contribution in [3.05, 3.63) is 18.2 Å². The van der Waals surface area contributed by atoms with Crippen molar-refractivity contribution < 1.29 is 8.42 Å². The van der Waals surface area contributed by atoms with E-state index < -0.39 is 10.0 Å². The number of hydrogen-bond donors (Lipinski definition) is 2. The van der Waals surface area contributed by atoms with Gasteiger partial charge in [-0.25, -0.2) is 18.1 Å². The van der Waals surface area contributed by atoms with E-state index in [2.05, 4.69) is 19.9 Å². The standard InChI is InChI=1S/C11H21N5O2S.ClH/c1-15-6-4-13-11(15)10-9-12-3-7-16(10)8-5-14-19(2,17)18;/h4,6,10,12,14H,3,5,7-9H2,1-2H3;1H. The molecule has 1 aromatic heterocycles. The fourth-order valence-electron chi connectivity index (χ4n) is 2.34. The zero-order valence-corrected chi connectivity index (χ0v) is 13.4. The number of sulfonamides is 1. The fraction of sp³-hybridized carbons (Fsp3) is 0.727. The van der Waals surface area contributed by atoms with E-state index >= 15 is 0 Å². The van der Waals surface area contributed by atoms with Crippen molar-refractivity contribution in [2.75, 3.05) is 39.0 Å². The van der Waals surface area contributed by atoms with E-state index in [4.69, 9.17) is 0 Å². The second kappa shape index (κ2) is 7.37. The highest BCUT2D eigenvalue weighted by Crippen LogP contribution is 2.19. The minimum atomic E-state index is -3.12. The van der Waals surface area contributed by atoms with Crippen LogP contribution in [-0.2, 0) is 17.1 Å². The summed E-state index contributed by atoms with van der Waals surface area (Å²) in [5.41, 5.74) is 0. The molecule has 0 aromatic carbocycles. The lowest BCUT2D eigenvalue weighted by Gasteiger charge is -2.35. The van der Waals surface area contributed by atoms with Crippen LogP contribution in [0.3, 0.4) is 0 Å². The molecule has 2 heterocycles. The second-order valence-corrected chi connectivity index (χ2v) is 6.65. The van der Waals surface area contributed by atoms with Crippen LogP contribution in [0.5, 0.6) is 0 Å². The first-order chi connectivity index (χ1) is 8.97. The van der Waals surface area contributed by atoms with E-state index in [1.54, 1.807) is 6.20 Å². The van der Waals surface area contributed by atoms with Crippen molar-refractivity contribution in [1.82, 2.24) is 24.5 Å². The Bertz CT molecular complexity index is 519. The molecule has 1 aliphatic rings. The molecule has 1 atom stereocenters.